The van der Waals surface area contributed by atoms with Crippen molar-refractivity contribution in [1.82, 2.24) is 0 Å². The molecule has 0 spiro atoms. The van der Waals surface area contributed by atoms with Crippen LogP contribution in [0.15, 0.2) is 12.7 Å². The summed E-state index contributed by atoms with van der Waals surface area (Å²) in [5, 5.41) is 0. The summed E-state index contributed by atoms with van der Waals surface area (Å²) in [5.41, 5.74) is 0.379. The highest BCUT2D eigenvalue weighted by atomic mass is 16.5. The van der Waals surface area contributed by atoms with Crippen LogP contribution in [0, 0.1) is 11.3 Å². The van der Waals surface area contributed by atoms with Crippen molar-refractivity contribution < 1.29 is 4.74 Å². The minimum Gasteiger partial charge on any atom is -0.378 e. The largest absolute Gasteiger partial charge is 0.378 e. The predicted molar refractivity (Wildman–Crippen MR) is 52.1 cm³/mol. The lowest BCUT2D eigenvalue weighted by Gasteiger charge is -2.30. The van der Waals surface area contributed by atoms with E-state index in [2.05, 4.69) is 27.4 Å². The van der Waals surface area contributed by atoms with Crippen LogP contribution >= 0.6 is 0 Å². The molecule has 1 nitrogen and oxygen atoms in total. The van der Waals surface area contributed by atoms with E-state index >= 15 is 0 Å². The molecule has 1 saturated heterocycles. The zero-order chi connectivity index (χ0) is 9.19. The van der Waals surface area contributed by atoms with Crippen LogP contribution in [-0.2, 0) is 4.74 Å². The maximum Gasteiger partial charge on any atom is 0.0643 e. The Hall–Kier alpha value is -0.300. The Labute approximate surface area is 75.8 Å². The normalized spacial score (nSPS) is 30.6. The van der Waals surface area contributed by atoms with E-state index in [1.165, 1.54) is 6.42 Å². The fourth-order valence-electron chi connectivity index (χ4n) is 2.04. The van der Waals surface area contributed by atoms with Gasteiger partial charge in [0, 0.05) is 6.61 Å². The third-order valence-electron chi connectivity index (χ3n) is 2.72. The monoisotopic (exact) mass is 168 g/mol. The Morgan fingerprint density at radius 2 is 2.17 bits per heavy atom. The molecule has 0 bridgehead atoms. The van der Waals surface area contributed by atoms with Gasteiger partial charge in [0.1, 0.15) is 0 Å². The summed E-state index contributed by atoms with van der Waals surface area (Å²) in [5.74, 6) is 0.704. The number of ether oxygens (including phenoxy) is 1. The topological polar surface area (TPSA) is 9.23 Å². The Balaban J connectivity index is 2.57. The van der Waals surface area contributed by atoms with Crippen LogP contribution < -0.4 is 0 Å². The molecule has 70 valence electrons. The lowest BCUT2D eigenvalue weighted by atomic mass is 9.76. The van der Waals surface area contributed by atoms with Crippen molar-refractivity contribution in [2.75, 3.05) is 6.61 Å². The highest BCUT2D eigenvalue weighted by Gasteiger charge is 2.35. The molecule has 1 rings (SSSR count). The zero-order valence-electron chi connectivity index (χ0n) is 8.47. The highest BCUT2D eigenvalue weighted by Crippen LogP contribution is 2.38. The van der Waals surface area contributed by atoms with Crippen LogP contribution in [0.1, 0.15) is 33.6 Å². The van der Waals surface area contributed by atoms with Crippen molar-refractivity contribution >= 4 is 0 Å². The third kappa shape index (κ3) is 2.10. The molecule has 1 fully saturated rings. The smallest absolute Gasteiger partial charge is 0.0643 e. The Bertz CT molecular complexity index is 155. The van der Waals surface area contributed by atoms with Crippen LogP contribution in [0.2, 0.25) is 0 Å². The molecule has 0 aromatic carbocycles. The lowest BCUT2D eigenvalue weighted by molar-refractivity contribution is 0.0609. The predicted octanol–water partition coefficient (Wildman–Crippen LogP) is 3.01. The second-order valence-electron chi connectivity index (χ2n) is 4.69. The van der Waals surface area contributed by atoms with Crippen molar-refractivity contribution in [2.45, 2.75) is 39.7 Å². The first-order valence-corrected chi connectivity index (χ1v) is 4.78. The maximum absolute atomic E-state index is 5.66. The van der Waals surface area contributed by atoms with E-state index in [0.717, 1.165) is 13.0 Å². The molecule has 0 radical (unpaired) electrons. The molecule has 2 unspecified atom stereocenters. The molecule has 1 heterocycles. The van der Waals surface area contributed by atoms with Gasteiger partial charge >= 0.3 is 0 Å². The van der Waals surface area contributed by atoms with E-state index in [1.54, 1.807) is 0 Å². The number of rotatable bonds is 2. The van der Waals surface area contributed by atoms with Gasteiger partial charge in [0.25, 0.3) is 0 Å². The minimum absolute atomic E-state index is 0.379. The van der Waals surface area contributed by atoms with Crippen molar-refractivity contribution in [3.8, 4) is 0 Å². The molecule has 1 aliphatic rings. The molecular formula is C11H20O. The molecule has 12 heavy (non-hydrogen) atoms. The van der Waals surface area contributed by atoms with Crippen LogP contribution in [0.5, 0.6) is 0 Å². The molecule has 0 aliphatic carbocycles. The summed E-state index contributed by atoms with van der Waals surface area (Å²) < 4.78 is 5.66. The summed E-state index contributed by atoms with van der Waals surface area (Å²) in [6, 6.07) is 0. The maximum atomic E-state index is 5.66. The van der Waals surface area contributed by atoms with Gasteiger partial charge < -0.3 is 4.74 Å². The Kier molecular flexibility index (Phi) is 2.94. The van der Waals surface area contributed by atoms with E-state index in [1.807, 2.05) is 6.08 Å². The number of hydrogen-bond acceptors (Lipinski definition) is 1. The first-order valence-electron chi connectivity index (χ1n) is 4.78. The zero-order valence-corrected chi connectivity index (χ0v) is 8.47. The van der Waals surface area contributed by atoms with E-state index in [4.69, 9.17) is 4.74 Å². The fourth-order valence-corrected chi connectivity index (χ4v) is 2.04. The lowest BCUT2D eigenvalue weighted by Crippen LogP contribution is -2.28. The molecule has 1 aliphatic heterocycles. The van der Waals surface area contributed by atoms with Crippen LogP contribution in [0.4, 0.5) is 0 Å². The summed E-state index contributed by atoms with van der Waals surface area (Å²) >= 11 is 0. The van der Waals surface area contributed by atoms with Gasteiger partial charge in [0.15, 0.2) is 0 Å². The molecule has 0 aromatic rings. The Morgan fingerprint density at radius 3 is 2.67 bits per heavy atom. The first-order chi connectivity index (χ1) is 5.55. The molecule has 1 heteroatoms. The van der Waals surface area contributed by atoms with Gasteiger partial charge in [-0.05, 0) is 24.2 Å². The summed E-state index contributed by atoms with van der Waals surface area (Å²) in [6.07, 6.45) is 4.60. The van der Waals surface area contributed by atoms with Gasteiger partial charge in [-0.25, -0.2) is 0 Å². The van der Waals surface area contributed by atoms with Gasteiger partial charge in [-0.2, -0.15) is 0 Å². The van der Waals surface area contributed by atoms with Crippen LogP contribution in [-0.4, -0.2) is 12.7 Å². The second-order valence-corrected chi connectivity index (χ2v) is 4.69. The van der Waals surface area contributed by atoms with Crippen molar-refractivity contribution in [1.29, 1.82) is 0 Å². The average molecular weight is 168 g/mol. The summed E-state index contributed by atoms with van der Waals surface area (Å²) in [6.45, 7) is 11.6. The molecule has 0 amide bonds. The van der Waals surface area contributed by atoms with Crippen LogP contribution in [0.3, 0.4) is 0 Å². The minimum atomic E-state index is 0.379. The Morgan fingerprint density at radius 1 is 1.50 bits per heavy atom. The van der Waals surface area contributed by atoms with Crippen molar-refractivity contribution in [3.63, 3.8) is 0 Å². The quantitative estimate of drug-likeness (QED) is 0.576. The van der Waals surface area contributed by atoms with Crippen molar-refractivity contribution in [2.24, 2.45) is 11.3 Å². The summed E-state index contributed by atoms with van der Waals surface area (Å²) in [4.78, 5) is 0. The van der Waals surface area contributed by atoms with E-state index in [0.29, 0.717) is 17.4 Å². The van der Waals surface area contributed by atoms with Crippen molar-refractivity contribution in [3.05, 3.63) is 12.7 Å². The fraction of sp³-hybridized carbons (Fsp3) is 0.818. The van der Waals surface area contributed by atoms with Gasteiger partial charge in [-0.1, -0.05) is 26.8 Å². The van der Waals surface area contributed by atoms with E-state index in [9.17, 15) is 0 Å². The third-order valence-corrected chi connectivity index (χ3v) is 2.72. The first kappa shape index (κ1) is 9.79. The van der Waals surface area contributed by atoms with Gasteiger partial charge in [0.2, 0.25) is 0 Å². The second kappa shape index (κ2) is 3.61. The van der Waals surface area contributed by atoms with Gasteiger partial charge in [0.05, 0.1) is 6.10 Å². The van der Waals surface area contributed by atoms with Crippen LogP contribution in [0.25, 0.3) is 0 Å². The van der Waals surface area contributed by atoms with E-state index < -0.39 is 0 Å². The standard InChI is InChI=1S/C11H20O/c1-5-6-10-9(7-8-12-10)11(2,3)4/h5,9-10H,1,6-8H2,2-4H3. The molecular weight excluding hydrogens is 148 g/mol. The number of hydrogen-bond donors (Lipinski definition) is 0. The van der Waals surface area contributed by atoms with E-state index in [-0.39, 0.29) is 0 Å². The summed E-state index contributed by atoms with van der Waals surface area (Å²) in [7, 11) is 0. The van der Waals surface area contributed by atoms with Gasteiger partial charge in [-0.3, -0.25) is 0 Å². The molecule has 0 N–H and O–H groups in total. The molecule has 2 atom stereocenters. The van der Waals surface area contributed by atoms with Gasteiger partial charge in [-0.15, -0.1) is 6.58 Å². The SMILES string of the molecule is C=CCC1OCCC1C(C)(C)C. The highest BCUT2D eigenvalue weighted by molar-refractivity contribution is 4.88. The molecule has 0 aromatic heterocycles. The average Bonchev–Trinajstić information content (AvgIpc) is 2.34. The molecule has 0 saturated carbocycles.